The van der Waals surface area contributed by atoms with Gasteiger partial charge in [-0.25, -0.2) is 0 Å². The minimum Gasteiger partial charge on any atom is -0.496 e. The first-order valence-electron chi connectivity index (χ1n) is 5.27. The normalized spacial score (nSPS) is 10.3. The highest BCUT2D eigenvalue weighted by atomic mass is 79.9. The van der Waals surface area contributed by atoms with Gasteiger partial charge in [-0.05, 0) is 56.1 Å². The molecule has 2 aromatic rings. The molecule has 3 nitrogen and oxygen atoms in total. The van der Waals surface area contributed by atoms with Gasteiger partial charge in [0.25, 0.3) is 0 Å². The lowest BCUT2D eigenvalue weighted by molar-refractivity contribution is 0.409. The molecule has 0 aliphatic heterocycles. The highest BCUT2D eigenvalue weighted by molar-refractivity contribution is 9.11. The van der Waals surface area contributed by atoms with Gasteiger partial charge in [0.15, 0.2) is 5.75 Å². The van der Waals surface area contributed by atoms with Gasteiger partial charge >= 0.3 is 0 Å². The van der Waals surface area contributed by atoms with Gasteiger partial charge < -0.3 is 15.2 Å². The molecular formula is C13H10Br2ClNO2. The summed E-state index contributed by atoms with van der Waals surface area (Å²) in [7, 11) is 1.60. The third kappa shape index (κ3) is 3.16. The molecule has 100 valence electrons. The number of nitrogen functional groups attached to an aromatic ring is 1. The molecule has 6 heteroatoms. The van der Waals surface area contributed by atoms with E-state index in [0.717, 1.165) is 8.95 Å². The fourth-order valence-electron chi connectivity index (χ4n) is 1.49. The van der Waals surface area contributed by atoms with E-state index in [4.69, 9.17) is 26.8 Å². The molecule has 0 heterocycles. The van der Waals surface area contributed by atoms with Crippen molar-refractivity contribution in [3.63, 3.8) is 0 Å². The van der Waals surface area contributed by atoms with Gasteiger partial charge in [0.2, 0.25) is 0 Å². The van der Waals surface area contributed by atoms with Crippen molar-refractivity contribution in [2.24, 2.45) is 0 Å². The Morgan fingerprint density at radius 2 is 1.74 bits per heavy atom. The van der Waals surface area contributed by atoms with Crippen LogP contribution in [-0.2, 0) is 0 Å². The molecule has 0 amide bonds. The number of rotatable bonds is 3. The molecule has 2 aromatic carbocycles. The first-order valence-corrected chi connectivity index (χ1v) is 7.24. The zero-order valence-corrected chi connectivity index (χ0v) is 13.8. The lowest BCUT2D eigenvalue weighted by atomic mass is 10.3. The number of methoxy groups -OCH3 is 1. The Hall–Kier alpha value is -0.910. The summed E-state index contributed by atoms with van der Waals surface area (Å²) in [4.78, 5) is 0. The maximum absolute atomic E-state index is 6.07. The van der Waals surface area contributed by atoms with Crippen LogP contribution in [0, 0.1) is 0 Å². The molecule has 0 aromatic heterocycles. The maximum Gasteiger partial charge on any atom is 0.168 e. The number of ether oxygens (including phenoxy) is 2. The third-order valence-electron chi connectivity index (χ3n) is 2.42. The second-order valence-electron chi connectivity index (χ2n) is 3.68. The topological polar surface area (TPSA) is 44.5 Å². The average molecular weight is 407 g/mol. The van der Waals surface area contributed by atoms with Gasteiger partial charge in [-0.3, -0.25) is 0 Å². The molecule has 0 unspecified atom stereocenters. The van der Waals surface area contributed by atoms with Crippen molar-refractivity contribution < 1.29 is 9.47 Å². The van der Waals surface area contributed by atoms with Crippen molar-refractivity contribution in [1.29, 1.82) is 0 Å². The Morgan fingerprint density at radius 1 is 1.11 bits per heavy atom. The average Bonchev–Trinajstić information content (AvgIpc) is 2.37. The van der Waals surface area contributed by atoms with Gasteiger partial charge in [0, 0.05) is 0 Å². The minimum atomic E-state index is 0.432. The van der Waals surface area contributed by atoms with E-state index < -0.39 is 0 Å². The van der Waals surface area contributed by atoms with Gasteiger partial charge in [-0.1, -0.05) is 17.7 Å². The summed E-state index contributed by atoms with van der Waals surface area (Å²) >= 11 is 12.9. The molecule has 0 aliphatic rings. The summed E-state index contributed by atoms with van der Waals surface area (Å²) in [5.74, 6) is 1.72. The Morgan fingerprint density at radius 3 is 2.37 bits per heavy atom. The number of anilines is 1. The van der Waals surface area contributed by atoms with Gasteiger partial charge in [-0.15, -0.1) is 0 Å². The van der Waals surface area contributed by atoms with E-state index in [2.05, 4.69) is 31.9 Å². The van der Waals surface area contributed by atoms with Crippen LogP contribution in [0.15, 0.2) is 39.3 Å². The quantitative estimate of drug-likeness (QED) is 0.707. The van der Waals surface area contributed by atoms with Crippen molar-refractivity contribution in [2.75, 3.05) is 12.8 Å². The number of hydrogen-bond acceptors (Lipinski definition) is 3. The van der Waals surface area contributed by atoms with Crippen molar-refractivity contribution in [2.45, 2.75) is 0 Å². The highest BCUT2D eigenvalue weighted by Crippen LogP contribution is 2.41. The summed E-state index contributed by atoms with van der Waals surface area (Å²) in [6, 6.07) is 8.80. The summed E-state index contributed by atoms with van der Waals surface area (Å²) in [6.45, 7) is 0. The lowest BCUT2D eigenvalue weighted by Crippen LogP contribution is -1.94. The zero-order chi connectivity index (χ0) is 14.0. The molecule has 2 rings (SSSR count). The van der Waals surface area contributed by atoms with Gasteiger partial charge in [0.05, 0.1) is 26.8 Å². The number of hydrogen-bond donors (Lipinski definition) is 1. The first-order chi connectivity index (χ1) is 9.02. The van der Waals surface area contributed by atoms with E-state index in [1.807, 2.05) is 0 Å². The smallest absolute Gasteiger partial charge is 0.168 e. The maximum atomic E-state index is 6.07. The Labute approximate surface area is 132 Å². The second kappa shape index (κ2) is 6.03. The molecule has 0 atom stereocenters. The number of nitrogens with two attached hydrogens (primary N) is 1. The van der Waals surface area contributed by atoms with Crippen LogP contribution in [0.3, 0.4) is 0 Å². The van der Waals surface area contributed by atoms with E-state index in [0.29, 0.717) is 28.0 Å². The van der Waals surface area contributed by atoms with Crippen LogP contribution in [0.25, 0.3) is 0 Å². The van der Waals surface area contributed by atoms with Crippen LogP contribution in [0.4, 0.5) is 5.69 Å². The third-order valence-corrected chi connectivity index (χ3v) is 3.95. The summed E-state index contributed by atoms with van der Waals surface area (Å²) < 4.78 is 12.5. The van der Waals surface area contributed by atoms with E-state index in [-0.39, 0.29) is 0 Å². The number of para-hydroxylation sites is 1. The van der Waals surface area contributed by atoms with Crippen molar-refractivity contribution in [3.8, 4) is 17.2 Å². The first kappa shape index (κ1) is 14.5. The summed E-state index contributed by atoms with van der Waals surface area (Å²) in [5, 5.41) is 0.457. The molecule has 19 heavy (non-hydrogen) atoms. The molecule has 0 bridgehead atoms. The van der Waals surface area contributed by atoms with Crippen molar-refractivity contribution in [3.05, 3.63) is 44.3 Å². The fraction of sp³-hybridized carbons (Fsp3) is 0.0769. The fourth-order valence-corrected chi connectivity index (χ4v) is 2.60. The molecule has 0 spiro atoms. The molecule has 0 saturated carbocycles. The molecule has 2 N–H and O–H groups in total. The summed E-state index contributed by atoms with van der Waals surface area (Å²) in [6.07, 6.45) is 0. The number of benzene rings is 2. The molecule has 0 saturated heterocycles. The Balaban J connectivity index is 2.41. The van der Waals surface area contributed by atoms with Crippen LogP contribution in [0.1, 0.15) is 0 Å². The lowest BCUT2D eigenvalue weighted by Gasteiger charge is -2.13. The summed E-state index contributed by atoms with van der Waals surface area (Å²) in [5.41, 5.74) is 6.33. The predicted molar refractivity (Wildman–Crippen MR) is 84.3 cm³/mol. The molecule has 0 aliphatic carbocycles. The highest BCUT2D eigenvalue weighted by Gasteiger charge is 2.12. The van der Waals surface area contributed by atoms with Crippen LogP contribution >= 0.6 is 43.5 Å². The van der Waals surface area contributed by atoms with Crippen LogP contribution in [0.5, 0.6) is 17.2 Å². The van der Waals surface area contributed by atoms with E-state index in [9.17, 15) is 0 Å². The predicted octanol–water partition coefficient (Wildman–Crippen LogP) is 5.25. The largest absolute Gasteiger partial charge is 0.496 e. The van der Waals surface area contributed by atoms with E-state index >= 15 is 0 Å². The second-order valence-corrected chi connectivity index (χ2v) is 5.79. The Kier molecular flexibility index (Phi) is 4.60. The van der Waals surface area contributed by atoms with Crippen LogP contribution < -0.4 is 15.2 Å². The molecule has 0 fully saturated rings. The molecular weight excluding hydrogens is 397 g/mol. The van der Waals surface area contributed by atoms with Gasteiger partial charge in [-0.2, -0.15) is 0 Å². The standard InChI is InChI=1S/C13H10Br2ClNO2/c1-18-11-5-8(15)12(6-7(11)14)19-13-9(16)3-2-4-10(13)17/h2-6H,17H2,1H3. The van der Waals surface area contributed by atoms with Crippen molar-refractivity contribution >= 4 is 49.1 Å². The molecule has 0 radical (unpaired) electrons. The number of halogens is 3. The minimum absolute atomic E-state index is 0.432. The monoisotopic (exact) mass is 405 g/mol. The van der Waals surface area contributed by atoms with Crippen molar-refractivity contribution in [1.82, 2.24) is 0 Å². The Bertz CT molecular complexity index is 600. The van der Waals surface area contributed by atoms with E-state index in [1.54, 1.807) is 37.4 Å². The SMILES string of the molecule is COc1cc(Br)c(Oc2c(N)cccc2Cl)cc1Br. The van der Waals surface area contributed by atoms with Gasteiger partial charge in [0.1, 0.15) is 11.5 Å². The van der Waals surface area contributed by atoms with Crippen LogP contribution in [0.2, 0.25) is 5.02 Å². The van der Waals surface area contributed by atoms with Crippen LogP contribution in [-0.4, -0.2) is 7.11 Å². The zero-order valence-electron chi connectivity index (χ0n) is 9.91. The van der Waals surface area contributed by atoms with E-state index in [1.165, 1.54) is 0 Å².